The minimum atomic E-state index is -1.08. The van der Waals surface area contributed by atoms with Gasteiger partial charge in [0, 0.05) is 6.54 Å². The molecule has 1 heterocycles. The molecule has 0 bridgehead atoms. The van der Waals surface area contributed by atoms with E-state index in [0.717, 1.165) is 0 Å². The first-order chi connectivity index (χ1) is 9.19. The predicted molar refractivity (Wildman–Crippen MR) is 75.2 cm³/mol. The Kier molecular flexibility index (Phi) is 3.25. The number of carboxylic acid groups (broad SMARTS) is 1. The summed E-state index contributed by atoms with van der Waals surface area (Å²) in [6, 6.07) is 4.32. The van der Waals surface area contributed by atoms with Crippen molar-refractivity contribution in [1.29, 1.82) is 0 Å². The first-order valence-corrected chi connectivity index (χ1v) is 6.19. The Hall–Kier alpha value is -2.37. The molecule has 1 aromatic carbocycles. The van der Waals surface area contributed by atoms with Gasteiger partial charge in [-0.2, -0.15) is 0 Å². The molecule has 6 nitrogen and oxygen atoms in total. The predicted octanol–water partition coefficient (Wildman–Crippen LogP) is 1.43. The van der Waals surface area contributed by atoms with Gasteiger partial charge in [0.2, 0.25) is 0 Å². The zero-order valence-corrected chi connectivity index (χ0v) is 11.6. The summed E-state index contributed by atoms with van der Waals surface area (Å²) in [6.07, 6.45) is 0. The van der Waals surface area contributed by atoms with Gasteiger partial charge in [0.05, 0.1) is 16.6 Å². The number of hydrogen-bond donors (Lipinski definition) is 2. The van der Waals surface area contributed by atoms with E-state index >= 15 is 0 Å². The molecule has 0 saturated heterocycles. The van der Waals surface area contributed by atoms with E-state index in [1.54, 1.807) is 6.07 Å². The zero-order chi connectivity index (χ0) is 15.1. The molecule has 2 N–H and O–H groups in total. The molecule has 6 heteroatoms. The van der Waals surface area contributed by atoms with Crippen molar-refractivity contribution >= 4 is 17.0 Å². The van der Waals surface area contributed by atoms with E-state index in [2.05, 4.69) is 4.98 Å². The lowest BCUT2D eigenvalue weighted by Gasteiger charge is -2.21. The van der Waals surface area contributed by atoms with Gasteiger partial charge in [-0.1, -0.05) is 20.8 Å². The highest BCUT2D eigenvalue weighted by Crippen LogP contribution is 2.18. The van der Waals surface area contributed by atoms with Crippen LogP contribution in [0, 0.1) is 5.41 Å². The van der Waals surface area contributed by atoms with Gasteiger partial charge in [0.1, 0.15) is 0 Å². The van der Waals surface area contributed by atoms with Crippen molar-refractivity contribution in [3.05, 3.63) is 44.5 Å². The number of carbonyl (C=O) groups is 1. The van der Waals surface area contributed by atoms with Gasteiger partial charge in [-0.15, -0.1) is 0 Å². The number of benzene rings is 1. The van der Waals surface area contributed by atoms with Crippen LogP contribution in [-0.2, 0) is 6.54 Å². The zero-order valence-electron chi connectivity index (χ0n) is 11.6. The summed E-state index contributed by atoms with van der Waals surface area (Å²) in [5.41, 5.74) is -0.627. The highest BCUT2D eigenvalue weighted by Gasteiger charge is 2.16. The second-order valence-electron chi connectivity index (χ2n) is 5.94. The number of nitrogens with one attached hydrogen (secondary N) is 1. The minimum Gasteiger partial charge on any atom is -0.478 e. The topological polar surface area (TPSA) is 92.2 Å². The van der Waals surface area contributed by atoms with E-state index in [9.17, 15) is 14.4 Å². The van der Waals surface area contributed by atoms with Gasteiger partial charge >= 0.3 is 17.1 Å². The number of carboxylic acids is 1. The highest BCUT2D eigenvalue weighted by molar-refractivity contribution is 5.92. The molecule has 0 aliphatic heterocycles. The van der Waals surface area contributed by atoms with Gasteiger partial charge in [-0.05, 0) is 23.6 Å². The van der Waals surface area contributed by atoms with E-state index in [1.807, 2.05) is 20.8 Å². The smallest absolute Gasteiger partial charge is 0.335 e. The van der Waals surface area contributed by atoms with Gasteiger partial charge in [-0.3, -0.25) is 9.59 Å². The van der Waals surface area contributed by atoms with Crippen molar-refractivity contribution in [2.75, 3.05) is 0 Å². The number of hydrogen-bond acceptors (Lipinski definition) is 3. The summed E-state index contributed by atoms with van der Waals surface area (Å²) >= 11 is 0. The maximum atomic E-state index is 12.0. The molecule has 0 aliphatic rings. The highest BCUT2D eigenvalue weighted by atomic mass is 16.4. The van der Waals surface area contributed by atoms with Gasteiger partial charge in [0.15, 0.2) is 0 Å². The van der Waals surface area contributed by atoms with Crippen LogP contribution in [0.5, 0.6) is 0 Å². The summed E-state index contributed by atoms with van der Waals surface area (Å²) in [6.45, 7) is 6.24. The monoisotopic (exact) mass is 276 g/mol. The number of H-pyrrole nitrogens is 1. The molecule has 2 aromatic rings. The fraction of sp³-hybridized carbons (Fsp3) is 0.357. The van der Waals surface area contributed by atoms with Crippen LogP contribution in [0.2, 0.25) is 0 Å². The van der Waals surface area contributed by atoms with Gasteiger partial charge in [-0.25, -0.2) is 4.79 Å². The molecule has 106 valence electrons. The number of aromatic nitrogens is 2. The Labute approximate surface area is 114 Å². The summed E-state index contributed by atoms with van der Waals surface area (Å²) < 4.78 is 1.39. The van der Waals surface area contributed by atoms with Gasteiger partial charge in [0.25, 0.3) is 0 Å². The average Bonchev–Trinajstić information content (AvgIpc) is 2.32. The van der Waals surface area contributed by atoms with E-state index in [4.69, 9.17) is 5.11 Å². The van der Waals surface area contributed by atoms with Crippen LogP contribution in [0.25, 0.3) is 11.0 Å². The van der Waals surface area contributed by atoms with Gasteiger partial charge < -0.3 is 14.7 Å². The SMILES string of the molecule is CC(C)(C)Cn1c(=O)c(=O)[nH]c2cc(C(=O)O)ccc21. The largest absolute Gasteiger partial charge is 0.478 e. The lowest BCUT2D eigenvalue weighted by molar-refractivity contribution is 0.0697. The van der Waals surface area contributed by atoms with Crippen LogP contribution in [-0.4, -0.2) is 20.6 Å². The molecule has 0 unspecified atom stereocenters. The third kappa shape index (κ3) is 2.64. The normalized spacial score (nSPS) is 11.8. The minimum absolute atomic E-state index is 0.0640. The molecule has 0 radical (unpaired) electrons. The molecule has 0 spiro atoms. The van der Waals surface area contributed by atoms with Crippen LogP contribution in [0.3, 0.4) is 0 Å². The van der Waals surface area contributed by atoms with E-state index in [-0.39, 0.29) is 11.0 Å². The molecular formula is C14H16N2O4. The lowest BCUT2D eigenvalue weighted by Crippen LogP contribution is -2.38. The van der Waals surface area contributed by atoms with Crippen molar-refractivity contribution < 1.29 is 9.90 Å². The Bertz CT molecular complexity index is 793. The third-order valence-corrected chi connectivity index (χ3v) is 2.85. The number of rotatable bonds is 2. The molecule has 0 aliphatic carbocycles. The van der Waals surface area contributed by atoms with E-state index < -0.39 is 17.1 Å². The Balaban J connectivity index is 2.79. The molecule has 0 saturated carbocycles. The second-order valence-corrected chi connectivity index (χ2v) is 5.94. The quantitative estimate of drug-likeness (QED) is 0.812. The standard InChI is InChI=1S/C14H16N2O4/c1-14(2,3)7-16-10-5-4-8(13(19)20)6-9(10)15-11(17)12(16)18/h4-6H,7H2,1-3H3,(H,15,17)(H,19,20). The Morgan fingerprint density at radius 3 is 2.50 bits per heavy atom. The molecule has 2 rings (SSSR count). The van der Waals surface area contributed by atoms with E-state index in [1.165, 1.54) is 16.7 Å². The average molecular weight is 276 g/mol. The Morgan fingerprint density at radius 1 is 1.30 bits per heavy atom. The number of aromatic amines is 1. The molecule has 20 heavy (non-hydrogen) atoms. The van der Waals surface area contributed by atoms with Crippen LogP contribution >= 0.6 is 0 Å². The van der Waals surface area contributed by atoms with Crippen LogP contribution in [0.1, 0.15) is 31.1 Å². The first-order valence-electron chi connectivity index (χ1n) is 6.19. The number of nitrogens with zero attached hydrogens (tertiary/aromatic N) is 1. The molecule has 0 amide bonds. The van der Waals surface area contributed by atoms with Crippen LogP contribution in [0.15, 0.2) is 27.8 Å². The molecular weight excluding hydrogens is 260 g/mol. The molecule has 0 atom stereocenters. The van der Waals surface area contributed by atoms with Crippen molar-refractivity contribution in [3.63, 3.8) is 0 Å². The summed E-state index contributed by atoms with van der Waals surface area (Å²) in [5, 5.41) is 8.96. The maximum Gasteiger partial charge on any atom is 0.335 e. The third-order valence-electron chi connectivity index (χ3n) is 2.85. The van der Waals surface area contributed by atoms with Crippen molar-refractivity contribution in [2.45, 2.75) is 27.3 Å². The van der Waals surface area contributed by atoms with Crippen LogP contribution < -0.4 is 11.1 Å². The van der Waals surface area contributed by atoms with Crippen molar-refractivity contribution in [2.24, 2.45) is 5.41 Å². The second kappa shape index (κ2) is 4.63. The Morgan fingerprint density at radius 2 is 1.95 bits per heavy atom. The fourth-order valence-electron chi connectivity index (χ4n) is 2.04. The summed E-state index contributed by atoms with van der Waals surface area (Å²) in [5.74, 6) is -1.08. The number of fused-ring (bicyclic) bond motifs is 1. The van der Waals surface area contributed by atoms with Crippen molar-refractivity contribution in [1.82, 2.24) is 9.55 Å². The number of aromatic carboxylic acids is 1. The first kappa shape index (κ1) is 14.0. The molecule has 1 aromatic heterocycles. The van der Waals surface area contributed by atoms with Crippen LogP contribution in [0.4, 0.5) is 0 Å². The lowest BCUT2D eigenvalue weighted by atomic mass is 9.96. The summed E-state index contributed by atoms with van der Waals surface area (Å²) in [7, 11) is 0. The summed E-state index contributed by atoms with van der Waals surface area (Å²) in [4.78, 5) is 37.0. The van der Waals surface area contributed by atoms with Crippen molar-refractivity contribution in [3.8, 4) is 0 Å². The van der Waals surface area contributed by atoms with E-state index in [0.29, 0.717) is 17.6 Å². The molecule has 0 fully saturated rings. The fourth-order valence-corrected chi connectivity index (χ4v) is 2.04. The maximum absolute atomic E-state index is 12.0.